The molecule has 25 heteroatoms. The number of carbonyl (C=O) groups excluding carboxylic acids is 7. The van der Waals surface area contributed by atoms with Gasteiger partial charge in [0.1, 0.15) is 53.7 Å². The standard InChI is InChI=1S/C57H87N11O13S/c1-16-31(6)44(58)52(75)62-35(10)48(71)64-41(25-36-28-68(55(77)81-56(11,12)13)42-22-18-17-20-37(36)42)50(73)65-40(24-29(2)3)51(74)66-45(30(4)5)53(76)63-39(49(72)61-27-43(69)70)21-19-23-60-54(59)67-82(78,79)47-33(8)32(7)46-38(34(47)9)26-57(14,15)80-46/h17-18,20,22,28-31,35,39-41,44-45H,16,19,21,23-27,58H2,1-15H3,(H,61,72)(H,62,75)(H,63,76)(H,64,71)(H,65,73)(H,66,74)(H,69,70)(H3,59,60,67)/t31-,35-,39-,40-,41-,44-,45-/m0/s1. The van der Waals surface area contributed by atoms with Gasteiger partial charge in [0.25, 0.3) is 10.0 Å². The van der Waals surface area contributed by atoms with Crippen molar-refractivity contribution in [1.29, 1.82) is 5.41 Å². The summed E-state index contributed by atoms with van der Waals surface area (Å²) in [6, 6.07) is -0.651. The number of fused-ring (bicyclic) bond motifs is 2. The molecule has 1 aliphatic rings. The van der Waals surface area contributed by atoms with E-state index in [1.54, 1.807) is 100 Å². The second kappa shape index (κ2) is 28.1. The van der Waals surface area contributed by atoms with Crippen LogP contribution in [0, 0.1) is 43.9 Å². The van der Waals surface area contributed by atoms with Crippen molar-refractivity contribution in [2.45, 2.75) is 195 Å². The van der Waals surface area contributed by atoms with E-state index in [0.29, 0.717) is 51.7 Å². The van der Waals surface area contributed by atoms with E-state index >= 15 is 0 Å². The number of hydrogen-bond acceptors (Lipinski definition) is 14. The van der Waals surface area contributed by atoms with E-state index in [0.717, 1.165) is 5.56 Å². The highest BCUT2D eigenvalue weighted by Crippen LogP contribution is 2.43. The molecule has 0 unspecified atom stereocenters. The largest absolute Gasteiger partial charge is 0.487 e. The Bertz CT molecular complexity index is 3000. The number of aromatic nitrogens is 1. The van der Waals surface area contributed by atoms with Crippen LogP contribution in [0.15, 0.2) is 35.4 Å². The van der Waals surface area contributed by atoms with Crippen molar-refractivity contribution in [3.63, 3.8) is 0 Å². The van der Waals surface area contributed by atoms with Gasteiger partial charge in [-0.25, -0.2) is 17.9 Å². The van der Waals surface area contributed by atoms with Crippen molar-refractivity contribution in [3.8, 4) is 5.75 Å². The zero-order valence-corrected chi connectivity index (χ0v) is 50.8. The topological polar surface area (TPSA) is 360 Å². The number of para-hydroxylation sites is 1. The van der Waals surface area contributed by atoms with Gasteiger partial charge in [-0.05, 0) is 128 Å². The van der Waals surface area contributed by atoms with Gasteiger partial charge in [0, 0.05) is 36.5 Å². The van der Waals surface area contributed by atoms with Crippen molar-refractivity contribution >= 4 is 74.4 Å². The number of carboxylic acids is 1. The van der Waals surface area contributed by atoms with Gasteiger partial charge in [0.15, 0.2) is 0 Å². The zero-order chi connectivity index (χ0) is 61.9. The lowest BCUT2D eigenvalue weighted by Crippen LogP contribution is -2.60. The lowest BCUT2D eigenvalue weighted by Gasteiger charge is -2.29. The van der Waals surface area contributed by atoms with Gasteiger partial charge in [-0.3, -0.25) is 43.5 Å². The zero-order valence-electron chi connectivity index (χ0n) is 50.0. The predicted molar refractivity (Wildman–Crippen MR) is 309 cm³/mol. The fraction of sp³-hybridized carbons (Fsp3) is 0.596. The Morgan fingerprint density at radius 3 is 2.01 bits per heavy atom. The summed E-state index contributed by atoms with van der Waals surface area (Å²) in [7, 11) is -4.27. The summed E-state index contributed by atoms with van der Waals surface area (Å²) in [6.45, 7) is 25.2. The van der Waals surface area contributed by atoms with E-state index in [9.17, 15) is 51.9 Å². The Kier molecular flexibility index (Phi) is 23.1. The van der Waals surface area contributed by atoms with Crippen LogP contribution in [0.2, 0.25) is 0 Å². The van der Waals surface area contributed by atoms with E-state index in [2.05, 4.69) is 41.9 Å². The van der Waals surface area contributed by atoms with Gasteiger partial charge in [-0.2, -0.15) is 0 Å². The van der Waals surface area contributed by atoms with E-state index in [1.807, 2.05) is 20.8 Å². The number of nitrogens with two attached hydrogens (primary N) is 1. The number of hydrogen-bond donors (Lipinski definition) is 11. The van der Waals surface area contributed by atoms with Crippen molar-refractivity contribution in [1.82, 2.24) is 46.5 Å². The third-order valence-corrected chi connectivity index (χ3v) is 15.8. The van der Waals surface area contributed by atoms with Crippen LogP contribution >= 0.6 is 0 Å². The second-order valence-electron chi connectivity index (χ2n) is 23.6. The van der Waals surface area contributed by atoms with Crippen molar-refractivity contribution < 1.29 is 61.4 Å². The fourth-order valence-electron chi connectivity index (χ4n) is 9.46. The van der Waals surface area contributed by atoms with Crippen LogP contribution in [0.4, 0.5) is 4.79 Å². The van der Waals surface area contributed by atoms with Crippen molar-refractivity contribution in [2.75, 3.05) is 13.1 Å². The fourth-order valence-corrected chi connectivity index (χ4v) is 11.0. The number of benzene rings is 2. The minimum atomic E-state index is -4.27. The number of nitrogens with one attached hydrogen (secondary N) is 9. The number of sulfonamides is 1. The number of carboxylic acid groups (broad SMARTS) is 1. The molecule has 0 saturated carbocycles. The van der Waals surface area contributed by atoms with Gasteiger partial charge >= 0.3 is 12.1 Å². The molecule has 6 amide bonds. The number of ether oxygens (including phenoxy) is 2. The summed E-state index contributed by atoms with van der Waals surface area (Å²) in [5, 5.41) is 36.7. The SMILES string of the molecule is CC[C@H](C)[C@H](N)C(=O)N[C@@H](C)C(=O)N[C@@H](Cc1cn(C(=O)OC(C)(C)C)c2ccccc12)C(=O)N[C@@H](CC(C)C)C(=O)N[C@H](C(=O)N[C@@H](CCCNC(=N)NS(=O)(=O)c1c(C)c(C)c2c(c1C)CC(C)(C)O2)C(=O)NCC(=O)O)C(C)C. The smallest absolute Gasteiger partial charge is 0.419 e. The first-order valence-corrected chi connectivity index (χ1v) is 29.2. The Hall–Kier alpha value is -7.28. The molecule has 4 rings (SSSR count). The highest BCUT2D eigenvalue weighted by Gasteiger charge is 2.38. The lowest BCUT2D eigenvalue weighted by molar-refractivity contribution is -0.138. The predicted octanol–water partition coefficient (Wildman–Crippen LogP) is 3.61. The van der Waals surface area contributed by atoms with Crippen LogP contribution in [0.3, 0.4) is 0 Å². The van der Waals surface area contributed by atoms with Crippen molar-refractivity contribution in [3.05, 3.63) is 58.3 Å². The van der Waals surface area contributed by atoms with Gasteiger partial charge in [0.2, 0.25) is 41.4 Å². The molecule has 454 valence electrons. The molecule has 82 heavy (non-hydrogen) atoms. The highest BCUT2D eigenvalue weighted by atomic mass is 32.2. The normalized spacial score (nSPS) is 15.5. The molecule has 12 N–H and O–H groups in total. The second-order valence-corrected chi connectivity index (χ2v) is 25.2. The summed E-state index contributed by atoms with van der Waals surface area (Å²) < 4.78 is 42.9. The summed E-state index contributed by atoms with van der Waals surface area (Å²) in [6.07, 6.45) is 1.65. The molecule has 0 bridgehead atoms. The van der Waals surface area contributed by atoms with Crippen LogP contribution in [0.5, 0.6) is 5.75 Å². The van der Waals surface area contributed by atoms with E-state index < -0.39 is 123 Å². The number of nitrogens with zero attached hydrogens (tertiary/aromatic N) is 1. The summed E-state index contributed by atoms with van der Waals surface area (Å²) in [5.74, 6) is -6.98. The molecule has 2 aromatic carbocycles. The Morgan fingerprint density at radius 2 is 1.41 bits per heavy atom. The van der Waals surface area contributed by atoms with Gasteiger partial charge < -0.3 is 57.5 Å². The maximum absolute atomic E-state index is 14.7. The first-order chi connectivity index (χ1) is 38.0. The van der Waals surface area contributed by atoms with E-state index in [4.69, 9.17) is 20.6 Å². The van der Waals surface area contributed by atoms with E-state index in [-0.39, 0.29) is 49.0 Å². The van der Waals surface area contributed by atoms with Gasteiger partial charge in [-0.15, -0.1) is 0 Å². The summed E-state index contributed by atoms with van der Waals surface area (Å²) in [4.78, 5) is 109. The van der Waals surface area contributed by atoms with Gasteiger partial charge in [-0.1, -0.05) is 66.2 Å². The van der Waals surface area contributed by atoms with Crippen LogP contribution in [0.1, 0.15) is 137 Å². The Balaban J connectivity index is 1.56. The number of aliphatic carboxylic acids is 1. The minimum Gasteiger partial charge on any atom is -0.487 e. The summed E-state index contributed by atoms with van der Waals surface area (Å²) in [5.41, 5.74) is 8.09. The highest BCUT2D eigenvalue weighted by molar-refractivity contribution is 7.90. The number of rotatable bonds is 26. The molecule has 0 fully saturated rings. The molecular formula is C57H87N11O13S. The van der Waals surface area contributed by atoms with Gasteiger partial charge in [0.05, 0.1) is 16.5 Å². The number of carbonyl (C=O) groups is 8. The third-order valence-electron chi connectivity index (χ3n) is 14.2. The molecule has 3 aromatic rings. The maximum Gasteiger partial charge on any atom is 0.419 e. The monoisotopic (exact) mass is 1170 g/mol. The van der Waals surface area contributed by atoms with Crippen molar-refractivity contribution in [2.24, 2.45) is 23.5 Å². The quantitative estimate of drug-likeness (QED) is 0.0311. The molecule has 1 aromatic heterocycles. The lowest BCUT2D eigenvalue weighted by atomic mass is 9.94. The van der Waals surface area contributed by atoms with E-state index in [1.165, 1.54) is 17.7 Å². The summed E-state index contributed by atoms with van der Waals surface area (Å²) >= 11 is 0. The molecule has 0 aliphatic carbocycles. The molecule has 0 radical (unpaired) electrons. The Morgan fingerprint density at radius 1 is 0.805 bits per heavy atom. The maximum atomic E-state index is 14.7. The molecule has 7 atom stereocenters. The third kappa shape index (κ3) is 18.1. The first kappa shape index (κ1) is 67.2. The molecule has 0 spiro atoms. The molecule has 2 heterocycles. The molecule has 0 saturated heterocycles. The minimum absolute atomic E-state index is 0.0297. The Labute approximate surface area is 481 Å². The average molecular weight is 1170 g/mol. The molecular weight excluding hydrogens is 1080 g/mol. The molecule has 24 nitrogen and oxygen atoms in total. The van der Waals surface area contributed by atoms with Crippen LogP contribution in [0.25, 0.3) is 10.9 Å². The number of amides is 6. The number of guanidine groups is 1. The van der Waals surface area contributed by atoms with Crippen LogP contribution < -0.4 is 52.4 Å². The molecule has 1 aliphatic heterocycles. The average Bonchev–Trinajstić information content (AvgIpc) is 4.09. The van der Waals surface area contributed by atoms with Crippen LogP contribution in [-0.4, -0.2) is 132 Å². The van der Waals surface area contributed by atoms with Crippen LogP contribution in [-0.2, 0) is 61.2 Å². The first-order valence-electron chi connectivity index (χ1n) is 27.7.